The molecule has 5 heteroatoms. The van der Waals surface area contributed by atoms with E-state index in [1.54, 1.807) is 0 Å². The molecule has 0 saturated heterocycles. The summed E-state index contributed by atoms with van der Waals surface area (Å²) in [4.78, 5) is 13.8. The highest BCUT2D eigenvalue weighted by Gasteiger charge is 2.12. The van der Waals surface area contributed by atoms with Crippen molar-refractivity contribution < 1.29 is 4.79 Å². The minimum Gasteiger partial charge on any atom is -0.397 e. The Morgan fingerprint density at radius 1 is 1.33 bits per heavy atom. The molecule has 0 aliphatic heterocycles. The molecule has 2 aromatic rings. The van der Waals surface area contributed by atoms with Crippen LogP contribution in [0.1, 0.15) is 20.1 Å². The van der Waals surface area contributed by atoms with Crippen LogP contribution in [-0.2, 0) is 0 Å². The standard InChI is InChI=1S/C13H13BrN2OS/c1-7-5-9(14)12(10(15)6-7)16-13(17)11-4-3-8(2)18-11/h3-6H,15H2,1-2H3,(H,16,17). The Balaban J connectivity index is 2.27. The van der Waals surface area contributed by atoms with E-state index in [0.717, 1.165) is 14.9 Å². The fourth-order valence-electron chi connectivity index (χ4n) is 1.63. The predicted octanol–water partition coefficient (Wildman–Crippen LogP) is 3.96. The van der Waals surface area contributed by atoms with E-state index in [4.69, 9.17) is 5.73 Å². The third-order valence-corrected chi connectivity index (χ3v) is 4.09. The second-order valence-corrected chi connectivity index (χ2v) is 6.22. The van der Waals surface area contributed by atoms with E-state index in [-0.39, 0.29) is 5.91 Å². The maximum atomic E-state index is 12.0. The van der Waals surface area contributed by atoms with Crippen molar-refractivity contribution in [3.8, 4) is 0 Å². The summed E-state index contributed by atoms with van der Waals surface area (Å²) in [6, 6.07) is 7.49. The molecule has 1 aromatic carbocycles. The van der Waals surface area contributed by atoms with Gasteiger partial charge in [-0.1, -0.05) is 0 Å². The van der Waals surface area contributed by atoms with Crippen LogP contribution in [0, 0.1) is 13.8 Å². The van der Waals surface area contributed by atoms with E-state index >= 15 is 0 Å². The van der Waals surface area contributed by atoms with Crippen LogP contribution in [0.15, 0.2) is 28.7 Å². The van der Waals surface area contributed by atoms with E-state index in [0.29, 0.717) is 16.3 Å². The zero-order valence-electron chi connectivity index (χ0n) is 10.1. The zero-order valence-corrected chi connectivity index (χ0v) is 12.5. The van der Waals surface area contributed by atoms with E-state index in [9.17, 15) is 4.79 Å². The second-order valence-electron chi connectivity index (χ2n) is 4.08. The SMILES string of the molecule is Cc1cc(N)c(NC(=O)c2ccc(C)s2)c(Br)c1. The quantitative estimate of drug-likeness (QED) is 0.821. The number of anilines is 2. The third-order valence-electron chi connectivity index (χ3n) is 2.47. The summed E-state index contributed by atoms with van der Waals surface area (Å²) < 4.78 is 0.793. The van der Waals surface area contributed by atoms with Gasteiger partial charge >= 0.3 is 0 Å². The van der Waals surface area contributed by atoms with Crippen molar-refractivity contribution in [2.45, 2.75) is 13.8 Å². The fourth-order valence-corrected chi connectivity index (χ4v) is 3.08. The summed E-state index contributed by atoms with van der Waals surface area (Å²) in [6.07, 6.45) is 0. The van der Waals surface area contributed by atoms with Crippen LogP contribution in [0.3, 0.4) is 0 Å². The topological polar surface area (TPSA) is 55.1 Å². The van der Waals surface area contributed by atoms with Gasteiger partial charge in [-0.15, -0.1) is 11.3 Å². The Labute approximate surface area is 118 Å². The molecule has 0 fully saturated rings. The lowest BCUT2D eigenvalue weighted by molar-refractivity contribution is 0.103. The highest BCUT2D eigenvalue weighted by atomic mass is 79.9. The predicted molar refractivity (Wildman–Crippen MR) is 80.3 cm³/mol. The number of amides is 1. The van der Waals surface area contributed by atoms with Gasteiger partial charge in [0.15, 0.2) is 0 Å². The number of nitrogens with one attached hydrogen (secondary N) is 1. The summed E-state index contributed by atoms with van der Waals surface area (Å²) in [7, 11) is 0. The number of rotatable bonds is 2. The second kappa shape index (κ2) is 5.12. The summed E-state index contributed by atoms with van der Waals surface area (Å²) >= 11 is 4.87. The number of hydrogen-bond acceptors (Lipinski definition) is 3. The summed E-state index contributed by atoms with van der Waals surface area (Å²) in [5, 5.41) is 2.83. The number of carbonyl (C=O) groups is 1. The molecule has 3 nitrogen and oxygen atoms in total. The molecule has 0 radical (unpaired) electrons. The third kappa shape index (κ3) is 2.73. The van der Waals surface area contributed by atoms with Gasteiger partial charge < -0.3 is 11.1 Å². The van der Waals surface area contributed by atoms with Crippen molar-refractivity contribution in [2.75, 3.05) is 11.1 Å². The average molecular weight is 325 g/mol. The lowest BCUT2D eigenvalue weighted by atomic mass is 10.2. The van der Waals surface area contributed by atoms with Crippen molar-refractivity contribution in [3.63, 3.8) is 0 Å². The molecule has 94 valence electrons. The maximum Gasteiger partial charge on any atom is 0.265 e. The molecule has 18 heavy (non-hydrogen) atoms. The van der Waals surface area contributed by atoms with Gasteiger partial charge in [0, 0.05) is 9.35 Å². The van der Waals surface area contributed by atoms with Crippen LogP contribution in [0.4, 0.5) is 11.4 Å². The van der Waals surface area contributed by atoms with Crippen LogP contribution in [-0.4, -0.2) is 5.91 Å². The highest BCUT2D eigenvalue weighted by molar-refractivity contribution is 9.10. The molecule has 0 spiro atoms. The minimum absolute atomic E-state index is 0.135. The van der Waals surface area contributed by atoms with Gasteiger partial charge in [-0.05, 0) is 59.6 Å². The average Bonchev–Trinajstić information content (AvgIpc) is 2.70. The van der Waals surface area contributed by atoms with Crippen LogP contribution < -0.4 is 11.1 Å². The van der Waals surface area contributed by atoms with Crippen LogP contribution in [0.25, 0.3) is 0 Å². The van der Waals surface area contributed by atoms with Crippen molar-refractivity contribution in [3.05, 3.63) is 44.1 Å². The molecule has 1 aromatic heterocycles. The summed E-state index contributed by atoms with van der Waals surface area (Å²) in [5.41, 5.74) is 8.14. The zero-order chi connectivity index (χ0) is 13.3. The minimum atomic E-state index is -0.135. The number of thiophene rings is 1. The smallest absolute Gasteiger partial charge is 0.265 e. The largest absolute Gasteiger partial charge is 0.397 e. The van der Waals surface area contributed by atoms with E-state index in [1.807, 2.05) is 38.1 Å². The van der Waals surface area contributed by atoms with Gasteiger partial charge in [0.05, 0.1) is 16.3 Å². The lowest BCUT2D eigenvalue weighted by Gasteiger charge is -2.10. The molecule has 0 bridgehead atoms. The molecule has 0 atom stereocenters. The number of carbonyl (C=O) groups excluding carboxylic acids is 1. The van der Waals surface area contributed by atoms with Gasteiger partial charge in [0.2, 0.25) is 0 Å². The Bertz CT molecular complexity index is 584. The Morgan fingerprint density at radius 2 is 2.06 bits per heavy atom. The molecular weight excluding hydrogens is 312 g/mol. The molecule has 0 aliphatic rings. The van der Waals surface area contributed by atoms with Crippen LogP contribution in [0.5, 0.6) is 0 Å². The van der Waals surface area contributed by atoms with Crippen LogP contribution >= 0.6 is 27.3 Å². The lowest BCUT2D eigenvalue weighted by Crippen LogP contribution is -2.12. The van der Waals surface area contributed by atoms with Crippen molar-refractivity contribution in [2.24, 2.45) is 0 Å². The number of aryl methyl sites for hydroxylation is 2. The highest BCUT2D eigenvalue weighted by Crippen LogP contribution is 2.31. The van der Waals surface area contributed by atoms with Gasteiger partial charge in [0.1, 0.15) is 0 Å². The maximum absolute atomic E-state index is 12.0. The Morgan fingerprint density at radius 3 is 2.61 bits per heavy atom. The number of hydrogen-bond donors (Lipinski definition) is 2. The Kier molecular flexibility index (Phi) is 3.73. The van der Waals surface area contributed by atoms with Gasteiger partial charge in [0.25, 0.3) is 5.91 Å². The van der Waals surface area contributed by atoms with Gasteiger partial charge in [-0.2, -0.15) is 0 Å². The number of nitrogens with two attached hydrogens (primary N) is 1. The Hall–Kier alpha value is -1.33. The first-order valence-corrected chi connectivity index (χ1v) is 7.01. The molecule has 0 aliphatic carbocycles. The number of halogens is 1. The molecule has 1 heterocycles. The number of benzene rings is 1. The van der Waals surface area contributed by atoms with Crippen molar-refractivity contribution >= 4 is 44.5 Å². The molecule has 0 saturated carbocycles. The van der Waals surface area contributed by atoms with Gasteiger partial charge in [-0.3, -0.25) is 4.79 Å². The number of nitrogen functional groups attached to an aromatic ring is 1. The van der Waals surface area contributed by atoms with Crippen molar-refractivity contribution in [1.82, 2.24) is 0 Å². The molecule has 1 amide bonds. The fraction of sp³-hybridized carbons (Fsp3) is 0.154. The summed E-state index contributed by atoms with van der Waals surface area (Å²) in [5.74, 6) is -0.135. The van der Waals surface area contributed by atoms with Gasteiger partial charge in [-0.25, -0.2) is 0 Å². The van der Waals surface area contributed by atoms with Crippen LogP contribution in [0.2, 0.25) is 0 Å². The first-order valence-electron chi connectivity index (χ1n) is 5.41. The van der Waals surface area contributed by atoms with Crippen molar-refractivity contribution in [1.29, 1.82) is 0 Å². The molecule has 2 rings (SSSR count). The monoisotopic (exact) mass is 324 g/mol. The molecular formula is C13H13BrN2OS. The van der Waals surface area contributed by atoms with E-state index in [2.05, 4.69) is 21.2 Å². The normalized spacial score (nSPS) is 10.4. The summed E-state index contributed by atoms with van der Waals surface area (Å²) in [6.45, 7) is 3.92. The first-order chi connectivity index (χ1) is 8.47. The molecule has 0 unspecified atom stereocenters. The molecule has 3 N–H and O–H groups in total. The van der Waals surface area contributed by atoms with E-state index in [1.165, 1.54) is 11.3 Å². The first kappa shape index (κ1) is 13.1. The van der Waals surface area contributed by atoms with E-state index < -0.39 is 0 Å².